The monoisotopic (exact) mass is 560 g/mol. The highest BCUT2D eigenvalue weighted by molar-refractivity contribution is 6.02. The summed E-state index contributed by atoms with van der Waals surface area (Å²) in [5, 5.41) is 5.85. The smallest absolute Gasteiger partial charge is 0.248 e. The third kappa shape index (κ3) is 7.19. The van der Waals surface area contributed by atoms with E-state index in [2.05, 4.69) is 15.6 Å². The highest BCUT2D eigenvalue weighted by Crippen LogP contribution is 2.38. The van der Waals surface area contributed by atoms with Gasteiger partial charge in [0.05, 0.1) is 0 Å². The average Bonchev–Trinajstić information content (AvgIpc) is 3.45. The minimum absolute atomic E-state index is 0.00150. The molecule has 0 saturated heterocycles. The number of nitrogens with one attached hydrogen (secondary N) is 2. The minimum atomic E-state index is -1.06. The lowest BCUT2D eigenvalue weighted by Crippen LogP contribution is -2.47. The Morgan fingerprint density at radius 1 is 0.951 bits per heavy atom. The van der Waals surface area contributed by atoms with E-state index in [1.54, 1.807) is 42.6 Å². The fraction of sp³-hybridized carbons (Fsp3) is 0.355. The second kappa shape index (κ2) is 13.3. The maximum Gasteiger partial charge on any atom is 0.248 e. The largest absolute Gasteiger partial charge is 0.454 e. The molecule has 1 saturated carbocycles. The van der Waals surface area contributed by atoms with Crippen molar-refractivity contribution in [2.45, 2.75) is 63.5 Å². The predicted molar refractivity (Wildman–Crippen MR) is 151 cm³/mol. The summed E-state index contributed by atoms with van der Waals surface area (Å²) in [5.41, 5.74) is 0.906. The summed E-state index contributed by atoms with van der Waals surface area (Å²) >= 11 is 0. The molecule has 1 aromatic heterocycles. The van der Waals surface area contributed by atoms with Crippen molar-refractivity contribution in [2.75, 3.05) is 17.0 Å². The zero-order valence-electron chi connectivity index (χ0n) is 22.7. The van der Waals surface area contributed by atoms with Gasteiger partial charge >= 0.3 is 0 Å². The Labute approximate surface area is 238 Å². The number of benzene rings is 2. The van der Waals surface area contributed by atoms with Crippen molar-refractivity contribution in [3.63, 3.8) is 0 Å². The van der Waals surface area contributed by atoms with Crippen molar-refractivity contribution in [1.82, 2.24) is 10.3 Å². The van der Waals surface area contributed by atoms with Gasteiger partial charge in [0.15, 0.2) is 11.5 Å². The molecule has 0 radical (unpaired) electrons. The first-order chi connectivity index (χ1) is 20.0. The third-order valence-corrected chi connectivity index (χ3v) is 7.27. The number of anilines is 2. The van der Waals surface area contributed by atoms with Gasteiger partial charge in [0.25, 0.3) is 0 Å². The second-order valence-electron chi connectivity index (χ2n) is 10.2. The first kappa shape index (κ1) is 28.1. The van der Waals surface area contributed by atoms with Crippen molar-refractivity contribution in [3.8, 4) is 11.5 Å². The van der Waals surface area contributed by atoms with E-state index in [4.69, 9.17) is 9.47 Å². The molecule has 2 heterocycles. The van der Waals surface area contributed by atoms with Crippen molar-refractivity contribution in [3.05, 3.63) is 78.2 Å². The zero-order chi connectivity index (χ0) is 28.6. The first-order valence-electron chi connectivity index (χ1n) is 14.0. The van der Waals surface area contributed by atoms with Crippen LogP contribution in [0.3, 0.4) is 0 Å². The molecule has 5 rings (SSSR count). The molecule has 1 fully saturated rings. The van der Waals surface area contributed by atoms with Gasteiger partial charge in [-0.25, -0.2) is 9.37 Å². The lowest BCUT2D eigenvalue weighted by Gasteiger charge is -2.33. The Hall–Kier alpha value is -4.47. The molecule has 3 aromatic rings. The van der Waals surface area contributed by atoms with Crippen molar-refractivity contribution in [1.29, 1.82) is 0 Å². The summed E-state index contributed by atoms with van der Waals surface area (Å²) in [5.74, 6) is 0.0147. The molecule has 0 unspecified atom stereocenters. The van der Waals surface area contributed by atoms with E-state index in [0.717, 1.165) is 32.1 Å². The molecule has 0 bridgehead atoms. The molecule has 9 nitrogen and oxygen atoms in total. The Balaban J connectivity index is 1.40. The van der Waals surface area contributed by atoms with Gasteiger partial charge in [0, 0.05) is 36.8 Å². The molecule has 2 N–H and O–H groups in total. The molecule has 214 valence electrons. The van der Waals surface area contributed by atoms with Crippen LogP contribution in [0.15, 0.2) is 66.9 Å². The number of amides is 3. The van der Waals surface area contributed by atoms with Crippen LogP contribution in [0.25, 0.3) is 0 Å². The fourth-order valence-corrected chi connectivity index (χ4v) is 5.22. The van der Waals surface area contributed by atoms with E-state index in [-0.39, 0.29) is 49.8 Å². The Morgan fingerprint density at radius 3 is 2.49 bits per heavy atom. The Bertz CT molecular complexity index is 1360. The maximum absolute atomic E-state index is 13.9. The van der Waals surface area contributed by atoms with Crippen LogP contribution in [-0.4, -0.2) is 35.5 Å². The van der Waals surface area contributed by atoms with Gasteiger partial charge in [-0.15, -0.1) is 0 Å². The van der Waals surface area contributed by atoms with E-state index in [0.29, 0.717) is 28.6 Å². The molecule has 1 atom stereocenters. The topological polar surface area (TPSA) is 110 Å². The van der Waals surface area contributed by atoms with E-state index in [1.807, 2.05) is 0 Å². The molecule has 41 heavy (non-hydrogen) atoms. The van der Waals surface area contributed by atoms with Crippen molar-refractivity contribution < 1.29 is 28.2 Å². The van der Waals surface area contributed by atoms with Gasteiger partial charge in [-0.3, -0.25) is 19.3 Å². The number of pyridine rings is 1. The highest BCUT2D eigenvalue weighted by atomic mass is 19.1. The number of carbonyl (C=O) groups is 3. The van der Waals surface area contributed by atoms with Crippen molar-refractivity contribution >= 4 is 29.2 Å². The van der Waals surface area contributed by atoms with Crippen LogP contribution in [0.1, 0.15) is 63.0 Å². The summed E-state index contributed by atoms with van der Waals surface area (Å²) in [4.78, 5) is 45.8. The van der Waals surface area contributed by atoms with Crippen LogP contribution >= 0.6 is 0 Å². The van der Waals surface area contributed by atoms with Crippen LogP contribution in [-0.2, 0) is 14.4 Å². The normalized spacial score (nSPS) is 15.1. The van der Waals surface area contributed by atoms with Crippen LogP contribution < -0.4 is 25.0 Å². The van der Waals surface area contributed by atoms with Gasteiger partial charge in [0.2, 0.25) is 24.5 Å². The number of ether oxygens (including phenoxy) is 2. The lowest BCUT2D eigenvalue weighted by molar-refractivity contribution is -0.127. The highest BCUT2D eigenvalue weighted by Gasteiger charge is 2.34. The number of rotatable bonds is 10. The standard InChI is InChI=1S/C31H33FN4O5/c32-22-14-12-21(13-15-22)30(31(39)34-23-7-2-1-3-8-23)36(24-16-17-25-26(19-24)41-20-40-25)29(38)11-6-10-28(37)35-27-9-4-5-18-33-27/h4-5,9,12-19,23,30H,1-3,6-8,10-11,20H2,(H,34,39)(H,33,35,37)/t30-/m0/s1. The summed E-state index contributed by atoms with van der Waals surface area (Å²) in [6, 6.07) is 14.8. The van der Waals surface area contributed by atoms with E-state index in [9.17, 15) is 18.8 Å². The summed E-state index contributed by atoms with van der Waals surface area (Å²) in [7, 11) is 0. The Kier molecular flexibility index (Phi) is 9.08. The second-order valence-corrected chi connectivity index (χ2v) is 10.2. The maximum atomic E-state index is 13.9. The number of nitrogens with zero attached hydrogens (tertiary/aromatic N) is 2. The molecule has 0 spiro atoms. The quantitative estimate of drug-likeness (QED) is 0.349. The number of hydrogen-bond acceptors (Lipinski definition) is 6. The molecular formula is C31H33FN4O5. The average molecular weight is 561 g/mol. The summed E-state index contributed by atoms with van der Waals surface area (Å²) in [6.07, 6.45) is 6.83. The molecule has 3 amide bonds. The number of fused-ring (bicyclic) bond motifs is 1. The van der Waals surface area contributed by atoms with Gasteiger partial charge in [-0.1, -0.05) is 37.5 Å². The van der Waals surface area contributed by atoms with Crippen LogP contribution in [0.4, 0.5) is 15.9 Å². The fourth-order valence-electron chi connectivity index (χ4n) is 5.22. The molecule has 1 aliphatic heterocycles. The van der Waals surface area contributed by atoms with E-state index in [1.165, 1.54) is 29.2 Å². The van der Waals surface area contributed by atoms with Crippen molar-refractivity contribution in [2.24, 2.45) is 0 Å². The number of carbonyl (C=O) groups excluding carboxylic acids is 3. The number of halogens is 1. The van der Waals surface area contributed by atoms with E-state index < -0.39 is 11.9 Å². The predicted octanol–water partition coefficient (Wildman–Crippen LogP) is 5.28. The summed E-state index contributed by atoms with van der Waals surface area (Å²) < 4.78 is 24.9. The van der Waals surface area contributed by atoms with Crippen LogP contribution in [0.2, 0.25) is 0 Å². The molecular weight excluding hydrogens is 527 g/mol. The Morgan fingerprint density at radius 2 is 1.73 bits per heavy atom. The molecule has 2 aromatic carbocycles. The van der Waals surface area contributed by atoms with Crippen LogP contribution in [0, 0.1) is 5.82 Å². The number of hydrogen-bond donors (Lipinski definition) is 2. The van der Waals surface area contributed by atoms with E-state index >= 15 is 0 Å². The minimum Gasteiger partial charge on any atom is -0.454 e. The SMILES string of the molecule is O=C(CCCC(=O)N(c1ccc2c(c1)OCO2)[C@H](C(=O)NC1CCCCC1)c1ccc(F)cc1)Nc1ccccn1. The van der Waals surface area contributed by atoms with Gasteiger partial charge in [0.1, 0.15) is 17.7 Å². The number of aromatic nitrogens is 1. The third-order valence-electron chi connectivity index (χ3n) is 7.27. The first-order valence-corrected chi connectivity index (χ1v) is 14.0. The lowest BCUT2D eigenvalue weighted by atomic mass is 9.94. The summed E-state index contributed by atoms with van der Waals surface area (Å²) in [6.45, 7) is 0.0572. The van der Waals surface area contributed by atoms with Crippen LogP contribution in [0.5, 0.6) is 11.5 Å². The van der Waals surface area contributed by atoms with Gasteiger partial charge in [-0.2, -0.15) is 0 Å². The van der Waals surface area contributed by atoms with Gasteiger partial charge < -0.3 is 20.1 Å². The molecule has 2 aliphatic rings. The van der Waals surface area contributed by atoms with Gasteiger partial charge in [-0.05, 0) is 61.2 Å². The molecule has 10 heteroatoms. The zero-order valence-corrected chi connectivity index (χ0v) is 22.7. The molecule has 1 aliphatic carbocycles.